The fourth-order valence-corrected chi connectivity index (χ4v) is 3.91. The van der Waals surface area contributed by atoms with Gasteiger partial charge in [-0.25, -0.2) is 0 Å². The van der Waals surface area contributed by atoms with Crippen LogP contribution >= 0.6 is 43.2 Å². The highest BCUT2D eigenvalue weighted by Crippen LogP contribution is 2.43. The quantitative estimate of drug-likeness (QED) is 0.756. The molecule has 0 bridgehead atoms. The third-order valence-corrected chi connectivity index (χ3v) is 5.23. The molecule has 1 aliphatic heterocycles. The van der Waals surface area contributed by atoms with Crippen molar-refractivity contribution in [1.82, 2.24) is 0 Å². The van der Waals surface area contributed by atoms with Crippen molar-refractivity contribution in [3.8, 4) is 5.75 Å². The summed E-state index contributed by atoms with van der Waals surface area (Å²) in [5, 5.41) is 12.2. The molecule has 2 aromatic rings. The van der Waals surface area contributed by atoms with E-state index in [9.17, 15) is 5.11 Å². The van der Waals surface area contributed by atoms with Gasteiger partial charge in [-0.2, -0.15) is 0 Å². The lowest BCUT2D eigenvalue weighted by atomic mass is 9.98. The van der Waals surface area contributed by atoms with Gasteiger partial charge in [0.05, 0.1) is 6.10 Å². The molecule has 2 heterocycles. The minimum absolute atomic E-state index is 0.0712. The number of hydrogen-bond acceptors (Lipinski definition) is 3. The minimum Gasteiger partial charge on any atom is -0.484 e. The Kier molecular flexibility index (Phi) is 3.49. The number of ether oxygens (including phenoxy) is 1. The second-order valence-corrected chi connectivity index (χ2v) is 6.98. The average Bonchev–Trinajstić information content (AvgIpc) is 2.75. The molecule has 1 aromatic heterocycles. The molecule has 0 saturated carbocycles. The van der Waals surface area contributed by atoms with Crippen LogP contribution in [0, 0.1) is 0 Å². The molecule has 2 atom stereocenters. The van der Waals surface area contributed by atoms with Gasteiger partial charge < -0.3 is 9.84 Å². The first-order chi connectivity index (χ1) is 8.63. The Balaban J connectivity index is 1.95. The lowest BCUT2D eigenvalue weighted by Crippen LogP contribution is -2.18. The second kappa shape index (κ2) is 4.96. The number of fused-ring (bicyclic) bond motifs is 1. The van der Waals surface area contributed by atoms with E-state index < -0.39 is 6.10 Å². The third-order valence-electron chi connectivity index (χ3n) is 2.95. The zero-order valence-electron chi connectivity index (χ0n) is 9.27. The fourth-order valence-electron chi connectivity index (χ4n) is 2.09. The summed E-state index contributed by atoms with van der Waals surface area (Å²) in [5.74, 6) is 0.762. The maximum atomic E-state index is 10.2. The summed E-state index contributed by atoms with van der Waals surface area (Å²) in [6.45, 7) is 0. The molecule has 1 N–H and O–H groups in total. The van der Waals surface area contributed by atoms with E-state index in [0.29, 0.717) is 6.42 Å². The highest BCUT2D eigenvalue weighted by Gasteiger charge is 2.28. The summed E-state index contributed by atoms with van der Waals surface area (Å²) in [6, 6.07) is 7.79. The number of aliphatic hydroxyl groups excluding tert-OH is 1. The van der Waals surface area contributed by atoms with E-state index in [-0.39, 0.29) is 6.10 Å². The number of halogens is 2. The molecule has 1 unspecified atom stereocenters. The van der Waals surface area contributed by atoms with Crippen molar-refractivity contribution < 1.29 is 9.84 Å². The summed E-state index contributed by atoms with van der Waals surface area (Å²) in [5.41, 5.74) is 0.866. The van der Waals surface area contributed by atoms with Gasteiger partial charge >= 0.3 is 0 Å². The monoisotopic (exact) mass is 388 g/mol. The predicted octanol–water partition coefficient (Wildman–Crippen LogP) is 4.83. The zero-order chi connectivity index (χ0) is 12.7. The summed E-state index contributed by atoms with van der Waals surface area (Å²) in [7, 11) is 0. The number of aliphatic hydroxyl groups is 1. The van der Waals surface area contributed by atoms with Gasteiger partial charge in [-0.15, -0.1) is 11.3 Å². The van der Waals surface area contributed by atoms with Crippen molar-refractivity contribution in [2.45, 2.75) is 18.6 Å². The maximum Gasteiger partial charge on any atom is 0.136 e. The van der Waals surface area contributed by atoms with E-state index in [1.165, 1.54) is 0 Å². The molecular formula is C13H10Br2O2S. The molecule has 0 aliphatic carbocycles. The average molecular weight is 390 g/mol. The van der Waals surface area contributed by atoms with Crippen LogP contribution in [0.1, 0.15) is 29.1 Å². The standard InChI is InChI=1S/C13H10Br2O2S/c14-7-1-2-9-10(16)5-12(17-11(9)3-7)13-4-8(15)6-18-13/h1-4,6,10,12,16H,5H2/t10-,12?/m1/s1. The molecular weight excluding hydrogens is 380 g/mol. The van der Waals surface area contributed by atoms with Gasteiger partial charge in [0.2, 0.25) is 0 Å². The maximum absolute atomic E-state index is 10.2. The van der Waals surface area contributed by atoms with E-state index in [1.807, 2.05) is 29.6 Å². The third kappa shape index (κ3) is 2.37. The number of hydrogen-bond donors (Lipinski definition) is 1. The second-order valence-electron chi connectivity index (χ2n) is 4.21. The highest BCUT2D eigenvalue weighted by atomic mass is 79.9. The first-order valence-corrected chi connectivity index (χ1v) is 7.98. The lowest BCUT2D eigenvalue weighted by Gasteiger charge is -2.29. The summed E-state index contributed by atoms with van der Waals surface area (Å²) >= 11 is 8.51. The van der Waals surface area contributed by atoms with Crippen LogP contribution in [-0.2, 0) is 0 Å². The lowest BCUT2D eigenvalue weighted by molar-refractivity contribution is 0.0673. The predicted molar refractivity (Wildman–Crippen MR) is 79.1 cm³/mol. The summed E-state index contributed by atoms with van der Waals surface area (Å²) < 4.78 is 8.00. The van der Waals surface area contributed by atoms with Gasteiger partial charge in [0, 0.05) is 31.2 Å². The topological polar surface area (TPSA) is 29.5 Å². The van der Waals surface area contributed by atoms with E-state index in [2.05, 4.69) is 31.9 Å². The number of rotatable bonds is 1. The van der Waals surface area contributed by atoms with E-state index >= 15 is 0 Å². The summed E-state index contributed by atoms with van der Waals surface area (Å²) in [6.07, 6.45) is 0.0625. The molecule has 0 fully saturated rings. The van der Waals surface area contributed by atoms with E-state index in [4.69, 9.17) is 4.74 Å². The highest BCUT2D eigenvalue weighted by molar-refractivity contribution is 9.10. The van der Waals surface area contributed by atoms with Crippen molar-refractivity contribution in [2.24, 2.45) is 0 Å². The molecule has 94 valence electrons. The van der Waals surface area contributed by atoms with Crippen LogP contribution in [0.3, 0.4) is 0 Å². The molecule has 2 nitrogen and oxygen atoms in total. The fraction of sp³-hybridized carbons (Fsp3) is 0.231. The van der Waals surface area contributed by atoms with Crippen molar-refractivity contribution in [2.75, 3.05) is 0 Å². The van der Waals surface area contributed by atoms with Crippen molar-refractivity contribution in [1.29, 1.82) is 0 Å². The van der Waals surface area contributed by atoms with Crippen LogP contribution in [0.25, 0.3) is 0 Å². The SMILES string of the molecule is O[C@@H]1CC(c2cc(Br)cs2)Oc2cc(Br)ccc21. The summed E-state index contributed by atoms with van der Waals surface area (Å²) in [4.78, 5) is 1.13. The molecule has 3 rings (SSSR count). The van der Waals surface area contributed by atoms with Gasteiger partial charge in [0.15, 0.2) is 0 Å². The Labute approximate surface area is 126 Å². The van der Waals surface area contributed by atoms with Crippen LogP contribution in [-0.4, -0.2) is 5.11 Å². The normalized spacial score (nSPS) is 22.4. The molecule has 18 heavy (non-hydrogen) atoms. The number of benzene rings is 1. The Hall–Kier alpha value is -0.360. The van der Waals surface area contributed by atoms with Crippen LogP contribution < -0.4 is 4.74 Å². The zero-order valence-corrected chi connectivity index (χ0v) is 13.3. The Morgan fingerprint density at radius 2 is 2.06 bits per heavy atom. The minimum atomic E-state index is -0.465. The van der Waals surface area contributed by atoms with Crippen molar-refractivity contribution in [3.05, 3.63) is 49.0 Å². The molecule has 5 heteroatoms. The Morgan fingerprint density at radius 3 is 2.78 bits per heavy atom. The van der Waals surface area contributed by atoms with Crippen molar-refractivity contribution >= 4 is 43.2 Å². The van der Waals surface area contributed by atoms with Gasteiger partial charge in [0.25, 0.3) is 0 Å². The van der Waals surface area contributed by atoms with Crippen LogP contribution in [0.2, 0.25) is 0 Å². The van der Waals surface area contributed by atoms with Gasteiger partial charge in [-0.1, -0.05) is 22.0 Å². The Morgan fingerprint density at radius 1 is 1.22 bits per heavy atom. The Bertz CT molecular complexity index is 582. The van der Waals surface area contributed by atoms with Gasteiger partial charge in [-0.05, 0) is 34.1 Å². The molecule has 0 radical (unpaired) electrons. The molecule has 0 amide bonds. The number of thiophene rings is 1. The van der Waals surface area contributed by atoms with Gasteiger partial charge in [-0.3, -0.25) is 0 Å². The molecule has 1 aliphatic rings. The first kappa shape index (κ1) is 12.7. The molecule has 1 aromatic carbocycles. The van der Waals surface area contributed by atoms with Crippen LogP contribution in [0.5, 0.6) is 5.75 Å². The molecule has 0 saturated heterocycles. The largest absolute Gasteiger partial charge is 0.484 e. The van der Waals surface area contributed by atoms with Crippen LogP contribution in [0.15, 0.2) is 38.6 Å². The van der Waals surface area contributed by atoms with E-state index in [0.717, 1.165) is 25.1 Å². The smallest absolute Gasteiger partial charge is 0.136 e. The van der Waals surface area contributed by atoms with Crippen LogP contribution in [0.4, 0.5) is 0 Å². The first-order valence-electron chi connectivity index (χ1n) is 5.51. The van der Waals surface area contributed by atoms with Gasteiger partial charge in [0.1, 0.15) is 11.9 Å². The van der Waals surface area contributed by atoms with Crippen molar-refractivity contribution in [3.63, 3.8) is 0 Å². The van der Waals surface area contributed by atoms with E-state index in [1.54, 1.807) is 11.3 Å². The molecule has 0 spiro atoms.